The minimum atomic E-state index is -0.0342. The Balaban J connectivity index is 0.00000324. The van der Waals surface area contributed by atoms with Gasteiger partial charge in [0.1, 0.15) is 12.4 Å². The molecule has 2 aromatic carbocycles. The van der Waals surface area contributed by atoms with Crippen molar-refractivity contribution in [3.63, 3.8) is 0 Å². The summed E-state index contributed by atoms with van der Waals surface area (Å²) in [5.74, 6) is 2.32. The Morgan fingerprint density at radius 3 is 2.53 bits per heavy atom. The second-order valence-electron chi connectivity index (χ2n) is 8.33. The van der Waals surface area contributed by atoms with E-state index < -0.39 is 0 Å². The lowest BCUT2D eigenvalue weighted by molar-refractivity contribution is -0.117. The first-order valence-corrected chi connectivity index (χ1v) is 11.6. The molecule has 0 atom stereocenters. The van der Waals surface area contributed by atoms with Crippen molar-refractivity contribution in [2.24, 2.45) is 0 Å². The highest BCUT2D eigenvalue weighted by atomic mass is 35.5. The Morgan fingerprint density at radius 1 is 1.00 bits per heavy atom. The minimum Gasteiger partial charge on any atom is -0.493 e. The molecular formula is C26H34ClN3O4. The minimum absolute atomic E-state index is 0. The molecule has 1 amide bonds. The molecule has 1 saturated heterocycles. The number of amides is 1. The summed E-state index contributed by atoms with van der Waals surface area (Å²) in [6.07, 6.45) is 3.95. The highest BCUT2D eigenvalue weighted by molar-refractivity contribution is 5.99. The predicted molar refractivity (Wildman–Crippen MR) is 138 cm³/mol. The van der Waals surface area contributed by atoms with E-state index in [4.69, 9.17) is 14.2 Å². The molecule has 0 spiro atoms. The number of ether oxygens (including phenoxy) is 3. The molecule has 0 aliphatic carbocycles. The van der Waals surface area contributed by atoms with Gasteiger partial charge in [0.25, 0.3) is 5.91 Å². The number of unbranched alkanes of at least 4 members (excludes halogenated alkanes) is 1. The van der Waals surface area contributed by atoms with E-state index >= 15 is 0 Å². The molecule has 0 bridgehead atoms. The van der Waals surface area contributed by atoms with Gasteiger partial charge < -0.3 is 24.4 Å². The number of methoxy groups -OCH3 is 2. The third-order valence-corrected chi connectivity index (χ3v) is 6.21. The summed E-state index contributed by atoms with van der Waals surface area (Å²) in [7, 11) is 3.32. The number of anilines is 1. The van der Waals surface area contributed by atoms with Gasteiger partial charge in [0, 0.05) is 50.0 Å². The highest BCUT2D eigenvalue weighted by Crippen LogP contribution is 2.32. The average Bonchev–Trinajstić information content (AvgIpc) is 2.88. The first-order valence-electron chi connectivity index (χ1n) is 11.6. The van der Waals surface area contributed by atoms with Crippen molar-refractivity contribution in [2.45, 2.75) is 12.8 Å². The third kappa shape index (κ3) is 6.36. The maximum Gasteiger partial charge on any atom is 0.250 e. The molecule has 7 nitrogen and oxygen atoms in total. The number of hydrogen-bond acceptors (Lipinski definition) is 6. The van der Waals surface area contributed by atoms with Crippen LogP contribution in [0.15, 0.2) is 48.0 Å². The van der Waals surface area contributed by atoms with Crippen molar-refractivity contribution in [3.8, 4) is 17.2 Å². The number of nitrogens with one attached hydrogen (secondary N) is 1. The van der Waals surface area contributed by atoms with Gasteiger partial charge in [-0.2, -0.15) is 0 Å². The first-order chi connectivity index (χ1) is 16.2. The molecule has 184 valence electrons. The van der Waals surface area contributed by atoms with Crippen molar-refractivity contribution in [3.05, 3.63) is 53.6 Å². The maximum atomic E-state index is 12.4. The molecule has 0 saturated carbocycles. The summed E-state index contributed by atoms with van der Waals surface area (Å²) in [4.78, 5) is 17.3. The molecule has 34 heavy (non-hydrogen) atoms. The monoisotopic (exact) mass is 487 g/mol. The van der Waals surface area contributed by atoms with Crippen LogP contribution in [0.5, 0.6) is 17.2 Å². The lowest BCUT2D eigenvalue weighted by Crippen LogP contribution is -2.46. The topological polar surface area (TPSA) is 63.3 Å². The molecule has 0 aromatic heterocycles. The van der Waals surface area contributed by atoms with Gasteiger partial charge in [-0.1, -0.05) is 18.2 Å². The Bertz CT molecular complexity index is 990. The van der Waals surface area contributed by atoms with Gasteiger partial charge in [0.2, 0.25) is 0 Å². The summed E-state index contributed by atoms with van der Waals surface area (Å²) in [6, 6.07) is 13.9. The zero-order chi connectivity index (χ0) is 23.0. The van der Waals surface area contributed by atoms with Crippen molar-refractivity contribution in [1.29, 1.82) is 0 Å². The average molecular weight is 488 g/mol. The van der Waals surface area contributed by atoms with E-state index in [1.807, 2.05) is 42.5 Å². The van der Waals surface area contributed by atoms with Crippen LogP contribution in [0.2, 0.25) is 0 Å². The van der Waals surface area contributed by atoms with E-state index in [1.165, 1.54) is 5.69 Å². The van der Waals surface area contributed by atoms with Crippen LogP contribution in [0.1, 0.15) is 18.4 Å². The van der Waals surface area contributed by atoms with Crippen LogP contribution >= 0.6 is 12.4 Å². The van der Waals surface area contributed by atoms with Gasteiger partial charge in [0.05, 0.1) is 19.8 Å². The molecule has 2 aromatic rings. The summed E-state index contributed by atoms with van der Waals surface area (Å²) in [6.45, 7) is 6.10. The number of benzene rings is 2. The number of carbonyl (C=O) groups excluding carboxylic acids is 1. The number of nitrogens with zero attached hydrogens (tertiary/aromatic N) is 2. The number of hydrogen-bond donors (Lipinski definition) is 1. The van der Waals surface area contributed by atoms with E-state index in [-0.39, 0.29) is 18.3 Å². The second kappa shape index (κ2) is 12.5. The summed E-state index contributed by atoms with van der Waals surface area (Å²) >= 11 is 0. The number of fused-ring (bicyclic) bond motifs is 1. The van der Waals surface area contributed by atoms with Gasteiger partial charge in [0.15, 0.2) is 11.5 Å². The molecule has 0 radical (unpaired) electrons. The van der Waals surface area contributed by atoms with Crippen LogP contribution in [0.25, 0.3) is 6.08 Å². The first kappa shape index (κ1) is 25.7. The molecule has 2 aliphatic rings. The van der Waals surface area contributed by atoms with E-state index in [1.54, 1.807) is 14.2 Å². The van der Waals surface area contributed by atoms with Crippen LogP contribution in [-0.2, 0) is 4.79 Å². The molecule has 8 heteroatoms. The van der Waals surface area contributed by atoms with E-state index in [2.05, 4.69) is 21.2 Å². The molecule has 2 aliphatic heterocycles. The fourth-order valence-electron chi connectivity index (χ4n) is 4.27. The molecule has 4 rings (SSSR count). The van der Waals surface area contributed by atoms with Crippen LogP contribution in [0.4, 0.5) is 5.69 Å². The van der Waals surface area contributed by atoms with Crippen molar-refractivity contribution in [1.82, 2.24) is 10.2 Å². The standard InChI is InChI=1S/C26H33N3O4.ClH/c1-31-24-10-9-22(18-25(24)32-2)29-15-13-28(14-16-29)12-6-5-11-27-26(30)21-17-20-7-3-4-8-23(20)33-19-21;/h3-4,7-10,17-18H,5-6,11-16,19H2,1-2H3,(H,27,30);1H. The molecule has 1 fully saturated rings. The van der Waals surface area contributed by atoms with Crippen LogP contribution in [0, 0.1) is 0 Å². The zero-order valence-electron chi connectivity index (χ0n) is 19.9. The van der Waals surface area contributed by atoms with Gasteiger partial charge in [-0.05, 0) is 43.7 Å². The number of piperazine rings is 1. The Kier molecular flexibility index (Phi) is 9.48. The predicted octanol–water partition coefficient (Wildman–Crippen LogP) is 3.62. The summed E-state index contributed by atoms with van der Waals surface area (Å²) in [5.41, 5.74) is 2.81. The number of carbonyl (C=O) groups is 1. The van der Waals surface area contributed by atoms with E-state index in [9.17, 15) is 4.79 Å². The summed E-state index contributed by atoms with van der Waals surface area (Å²) in [5, 5.41) is 3.03. The summed E-state index contributed by atoms with van der Waals surface area (Å²) < 4.78 is 16.4. The molecule has 0 unspecified atom stereocenters. The molecule has 2 heterocycles. The largest absolute Gasteiger partial charge is 0.493 e. The lowest BCUT2D eigenvalue weighted by atomic mass is 10.1. The second-order valence-corrected chi connectivity index (χ2v) is 8.33. The molecule has 1 N–H and O–H groups in total. The van der Waals surface area contributed by atoms with E-state index in [0.717, 1.165) is 68.4 Å². The lowest BCUT2D eigenvalue weighted by Gasteiger charge is -2.36. The van der Waals surface area contributed by atoms with Crippen LogP contribution in [0.3, 0.4) is 0 Å². The normalized spacial score (nSPS) is 15.4. The fraction of sp³-hybridized carbons (Fsp3) is 0.423. The van der Waals surface area contributed by atoms with Crippen molar-refractivity contribution in [2.75, 3.05) is 65.0 Å². The number of rotatable bonds is 9. The van der Waals surface area contributed by atoms with Crippen molar-refractivity contribution >= 4 is 30.1 Å². The fourth-order valence-corrected chi connectivity index (χ4v) is 4.27. The third-order valence-electron chi connectivity index (χ3n) is 6.21. The smallest absolute Gasteiger partial charge is 0.250 e. The number of halogens is 1. The Hall–Kier alpha value is -2.90. The maximum absolute atomic E-state index is 12.4. The SMILES string of the molecule is COc1ccc(N2CCN(CCCCNC(=O)C3=Cc4ccccc4OC3)CC2)cc1OC.Cl. The van der Waals surface area contributed by atoms with Gasteiger partial charge in [-0.25, -0.2) is 0 Å². The number of para-hydroxylation sites is 1. The van der Waals surface area contributed by atoms with Crippen molar-refractivity contribution < 1.29 is 19.0 Å². The van der Waals surface area contributed by atoms with E-state index in [0.29, 0.717) is 18.7 Å². The zero-order valence-corrected chi connectivity index (χ0v) is 20.7. The van der Waals surface area contributed by atoms with Gasteiger partial charge in [-0.3, -0.25) is 9.69 Å². The molecular weight excluding hydrogens is 454 g/mol. The van der Waals surface area contributed by atoms with Gasteiger partial charge in [-0.15, -0.1) is 12.4 Å². The Morgan fingerprint density at radius 2 is 1.76 bits per heavy atom. The van der Waals surface area contributed by atoms with Crippen LogP contribution < -0.4 is 24.4 Å². The quantitative estimate of drug-likeness (QED) is 0.545. The Labute approximate surface area is 208 Å². The van der Waals surface area contributed by atoms with Crippen LogP contribution in [-0.4, -0.2) is 70.9 Å². The highest BCUT2D eigenvalue weighted by Gasteiger charge is 2.19. The van der Waals surface area contributed by atoms with Gasteiger partial charge >= 0.3 is 0 Å².